The minimum absolute atomic E-state index is 0.172. The molecule has 1 unspecified atom stereocenters. The van der Waals surface area contributed by atoms with E-state index in [0.717, 1.165) is 0 Å². The van der Waals surface area contributed by atoms with Crippen LogP contribution >= 0.6 is 0 Å². The van der Waals surface area contributed by atoms with Crippen molar-refractivity contribution < 1.29 is 5.11 Å². The van der Waals surface area contributed by atoms with Gasteiger partial charge in [-0.2, -0.15) is 0 Å². The summed E-state index contributed by atoms with van der Waals surface area (Å²) < 4.78 is 1.38. The second-order valence-electron chi connectivity index (χ2n) is 2.44. The van der Waals surface area contributed by atoms with E-state index < -0.39 is 6.10 Å². The van der Waals surface area contributed by atoms with E-state index in [-0.39, 0.29) is 5.56 Å². The van der Waals surface area contributed by atoms with Gasteiger partial charge in [0.05, 0.1) is 18.0 Å². The van der Waals surface area contributed by atoms with Gasteiger partial charge < -0.3 is 9.67 Å². The van der Waals surface area contributed by atoms with Gasteiger partial charge in [0.1, 0.15) is 0 Å². The van der Waals surface area contributed by atoms with Crippen molar-refractivity contribution in [2.45, 2.75) is 13.0 Å². The van der Waals surface area contributed by atoms with Crippen LogP contribution in [0.2, 0.25) is 0 Å². The third-order valence-corrected chi connectivity index (χ3v) is 1.43. The van der Waals surface area contributed by atoms with Gasteiger partial charge in [-0.15, -0.1) is 0 Å². The molecule has 0 aromatic carbocycles. The Hall–Kier alpha value is -1.16. The van der Waals surface area contributed by atoms with Gasteiger partial charge in [0, 0.05) is 13.2 Å². The molecule has 0 fully saturated rings. The van der Waals surface area contributed by atoms with Crippen molar-refractivity contribution in [3.63, 3.8) is 0 Å². The van der Waals surface area contributed by atoms with Crippen molar-refractivity contribution >= 4 is 0 Å². The third-order valence-electron chi connectivity index (χ3n) is 1.43. The summed E-state index contributed by atoms with van der Waals surface area (Å²) in [4.78, 5) is 14.6. The second kappa shape index (κ2) is 2.84. The van der Waals surface area contributed by atoms with Gasteiger partial charge in [-0.3, -0.25) is 9.78 Å². The third kappa shape index (κ3) is 1.65. The Balaban J connectivity index is 3.15. The molecule has 0 aliphatic heterocycles. The molecule has 0 saturated carbocycles. The molecule has 0 saturated heterocycles. The minimum Gasteiger partial charge on any atom is -0.387 e. The lowest BCUT2D eigenvalue weighted by Crippen LogP contribution is -2.17. The lowest BCUT2D eigenvalue weighted by Gasteiger charge is -2.03. The molecular weight excluding hydrogens is 144 g/mol. The van der Waals surface area contributed by atoms with Crippen LogP contribution in [0.25, 0.3) is 0 Å². The van der Waals surface area contributed by atoms with Gasteiger partial charge >= 0.3 is 0 Å². The lowest BCUT2D eigenvalue weighted by molar-refractivity contribution is 0.193. The molecule has 0 aliphatic rings. The summed E-state index contributed by atoms with van der Waals surface area (Å²) in [6.45, 7) is 1.60. The van der Waals surface area contributed by atoms with Crippen LogP contribution in [0.1, 0.15) is 18.7 Å². The van der Waals surface area contributed by atoms with E-state index in [4.69, 9.17) is 5.11 Å². The number of aliphatic hydroxyl groups is 1. The van der Waals surface area contributed by atoms with Crippen molar-refractivity contribution in [2.75, 3.05) is 0 Å². The minimum atomic E-state index is -0.623. The molecule has 0 bridgehead atoms. The first-order chi connectivity index (χ1) is 5.11. The first-order valence-corrected chi connectivity index (χ1v) is 3.32. The van der Waals surface area contributed by atoms with Crippen LogP contribution in [0.4, 0.5) is 0 Å². The highest BCUT2D eigenvalue weighted by molar-refractivity contribution is 4.99. The molecule has 1 atom stereocenters. The van der Waals surface area contributed by atoms with Gasteiger partial charge in [0.2, 0.25) is 0 Å². The Morgan fingerprint density at radius 2 is 2.36 bits per heavy atom. The molecule has 1 heterocycles. The second-order valence-corrected chi connectivity index (χ2v) is 2.44. The van der Waals surface area contributed by atoms with E-state index in [2.05, 4.69) is 4.98 Å². The predicted molar refractivity (Wildman–Crippen MR) is 40.1 cm³/mol. The fourth-order valence-corrected chi connectivity index (χ4v) is 0.732. The van der Waals surface area contributed by atoms with Gasteiger partial charge in [-0.1, -0.05) is 0 Å². The smallest absolute Gasteiger partial charge is 0.268 e. The van der Waals surface area contributed by atoms with Crippen molar-refractivity contribution in [2.24, 2.45) is 7.05 Å². The predicted octanol–water partition coefficient (Wildman–Crippen LogP) is -0.166. The fraction of sp³-hybridized carbons (Fsp3) is 0.429. The zero-order chi connectivity index (χ0) is 8.43. The number of aryl methyl sites for hydroxylation is 1. The first kappa shape index (κ1) is 7.94. The summed E-state index contributed by atoms with van der Waals surface area (Å²) in [7, 11) is 1.62. The molecule has 1 aromatic rings. The van der Waals surface area contributed by atoms with Gasteiger partial charge in [-0.05, 0) is 6.92 Å². The molecule has 0 spiro atoms. The maximum absolute atomic E-state index is 10.8. The van der Waals surface area contributed by atoms with Gasteiger partial charge in [-0.25, -0.2) is 0 Å². The molecule has 1 N–H and O–H groups in total. The molecule has 0 amide bonds. The highest BCUT2D eigenvalue weighted by Crippen LogP contribution is 2.03. The Bertz CT molecular complexity index is 304. The lowest BCUT2D eigenvalue weighted by atomic mass is 10.3. The van der Waals surface area contributed by atoms with E-state index in [9.17, 15) is 4.79 Å². The van der Waals surface area contributed by atoms with Crippen LogP contribution in [-0.4, -0.2) is 14.7 Å². The maximum Gasteiger partial charge on any atom is 0.268 e. The average molecular weight is 154 g/mol. The number of nitrogens with zero attached hydrogens (tertiary/aromatic N) is 2. The summed E-state index contributed by atoms with van der Waals surface area (Å²) in [5.41, 5.74) is 0.335. The average Bonchev–Trinajstić information content (AvgIpc) is 1.94. The Labute approximate surface area is 64.1 Å². The summed E-state index contributed by atoms with van der Waals surface area (Å²) >= 11 is 0. The molecule has 4 heteroatoms. The van der Waals surface area contributed by atoms with Crippen LogP contribution in [0.15, 0.2) is 17.2 Å². The number of aromatic nitrogens is 2. The molecule has 60 valence electrons. The van der Waals surface area contributed by atoms with E-state index in [1.165, 1.54) is 17.0 Å². The normalized spacial score (nSPS) is 13.0. The van der Waals surface area contributed by atoms with E-state index in [1.54, 1.807) is 14.0 Å². The van der Waals surface area contributed by atoms with Crippen molar-refractivity contribution in [3.05, 3.63) is 28.4 Å². The number of aliphatic hydroxyl groups excluding tert-OH is 1. The largest absolute Gasteiger partial charge is 0.387 e. The van der Waals surface area contributed by atoms with E-state index in [1.807, 2.05) is 0 Å². The van der Waals surface area contributed by atoms with E-state index >= 15 is 0 Å². The van der Waals surface area contributed by atoms with Crippen LogP contribution in [-0.2, 0) is 7.05 Å². The monoisotopic (exact) mass is 154 g/mol. The summed E-state index contributed by atoms with van der Waals surface area (Å²) in [6, 6.07) is 0. The van der Waals surface area contributed by atoms with Crippen LogP contribution in [0.5, 0.6) is 0 Å². The molecule has 0 radical (unpaired) electrons. The molecule has 1 rings (SSSR count). The molecule has 0 aliphatic carbocycles. The Morgan fingerprint density at radius 1 is 1.73 bits per heavy atom. The standard InChI is InChI=1S/C7H10N2O2/c1-5(10)6-4-9(2)7(11)3-8-6/h3-5,10H,1-2H3. The van der Waals surface area contributed by atoms with Crippen molar-refractivity contribution in [1.29, 1.82) is 0 Å². The van der Waals surface area contributed by atoms with Gasteiger partial charge in [0.15, 0.2) is 0 Å². The zero-order valence-corrected chi connectivity index (χ0v) is 6.48. The number of rotatable bonds is 1. The quantitative estimate of drug-likeness (QED) is 0.611. The van der Waals surface area contributed by atoms with Crippen LogP contribution < -0.4 is 5.56 Å². The Morgan fingerprint density at radius 3 is 2.82 bits per heavy atom. The topological polar surface area (TPSA) is 55.1 Å². The molecule has 1 aromatic heterocycles. The summed E-state index contributed by atoms with van der Waals surface area (Å²) in [6.07, 6.45) is 2.09. The highest BCUT2D eigenvalue weighted by Gasteiger charge is 2.01. The SMILES string of the molecule is CC(O)c1cn(C)c(=O)cn1. The summed E-state index contributed by atoms with van der Waals surface area (Å²) in [5.74, 6) is 0. The zero-order valence-electron chi connectivity index (χ0n) is 6.48. The van der Waals surface area contributed by atoms with Crippen molar-refractivity contribution in [3.8, 4) is 0 Å². The van der Waals surface area contributed by atoms with Crippen LogP contribution in [0, 0.1) is 0 Å². The first-order valence-electron chi connectivity index (χ1n) is 3.32. The van der Waals surface area contributed by atoms with Crippen molar-refractivity contribution in [1.82, 2.24) is 9.55 Å². The fourth-order valence-electron chi connectivity index (χ4n) is 0.732. The van der Waals surface area contributed by atoms with E-state index in [0.29, 0.717) is 5.69 Å². The molecular formula is C7H10N2O2. The number of hydrogen-bond donors (Lipinski definition) is 1. The molecule has 11 heavy (non-hydrogen) atoms. The van der Waals surface area contributed by atoms with Crippen LogP contribution in [0.3, 0.4) is 0 Å². The summed E-state index contributed by atoms with van der Waals surface area (Å²) in [5, 5.41) is 9.06. The maximum atomic E-state index is 10.8. The highest BCUT2D eigenvalue weighted by atomic mass is 16.3. The number of hydrogen-bond acceptors (Lipinski definition) is 3. The Kier molecular flexibility index (Phi) is 2.05. The van der Waals surface area contributed by atoms with Gasteiger partial charge in [0.25, 0.3) is 5.56 Å². The molecule has 4 nitrogen and oxygen atoms in total.